The minimum atomic E-state index is -0.627. The van der Waals surface area contributed by atoms with E-state index in [9.17, 15) is 9.59 Å². The Morgan fingerprint density at radius 2 is 1.96 bits per heavy atom. The summed E-state index contributed by atoms with van der Waals surface area (Å²) in [5.74, 6) is 0.731. The van der Waals surface area contributed by atoms with Gasteiger partial charge in [0, 0.05) is 11.6 Å². The highest BCUT2D eigenvalue weighted by Crippen LogP contribution is 2.18. The Bertz CT molecular complexity index is 781. The van der Waals surface area contributed by atoms with Gasteiger partial charge in [-0.2, -0.15) is 0 Å². The number of nitrogens with zero attached hydrogens (tertiary/aromatic N) is 1. The lowest BCUT2D eigenvalue weighted by Crippen LogP contribution is -2.47. The fourth-order valence-corrected chi connectivity index (χ4v) is 2.41. The normalized spacial score (nSPS) is 12.9. The van der Waals surface area contributed by atoms with Crippen molar-refractivity contribution in [1.29, 1.82) is 0 Å². The monoisotopic (exact) mass is 373 g/mol. The fourth-order valence-electron chi connectivity index (χ4n) is 2.41. The number of amides is 2. The lowest BCUT2D eigenvalue weighted by molar-refractivity contribution is -0.123. The zero-order valence-electron chi connectivity index (χ0n) is 16.5. The van der Waals surface area contributed by atoms with Gasteiger partial charge in [-0.25, -0.2) is 0 Å². The molecule has 2 atom stereocenters. The number of ether oxygens (including phenoxy) is 1. The van der Waals surface area contributed by atoms with Crippen LogP contribution in [0.25, 0.3) is 0 Å². The molecule has 0 saturated heterocycles. The van der Waals surface area contributed by atoms with Crippen LogP contribution in [0.2, 0.25) is 0 Å². The topological polar surface area (TPSA) is 93.5 Å². The number of carbonyl (C=O) groups excluding carboxylic acids is 2. The standard InChI is InChI=1S/C20H27N3O4/c1-6-12(2)21-19(24)14(4)22-20(25)16-8-7-9-17(10-16)26-11-18-13(3)23-27-15(18)5/h7-10,12,14H,6,11H2,1-5H3,(H,21,24)(H,22,25). The van der Waals surface area contributed by atoms with Gasteiger partial charge in [0.25, 0.3) is 5.91 Å². The molecule has 1 aromatic heterocycles. The molecule has 0 bridgehead atoms. The molecule has 27 heavy (non-hydrogen) atoms. The Kier molecular flexibility index (Phi) is 6.98. The van der Waals surface area contributed by atoms with Crippen LogP contribution in [0.1, 0.15) is 54.6 Å². The second kappa shape index (κ2) is 9.21. The Morgan fingerprint density at radius 3 is 2.59 bits per heavy atom. The second-order valence-electron chi connectivity index (χ2n) is 6.63. The maximum absolute atomic E-state index is 12.4. The van der Waals surface area contributed by atoms with Gasteiger partial charge in [-0.15, -0.1) is 0 Å². The summed E-state index contributed by atoms with van der Waals surface area (Å²) < 4.78 is 10.9. The van der Waals surface area contributed by atoms with E-state index in [4.69, 9.17) is 9.26 Å². The van der Waals surface area contributed by atoms with Gasteiger partial charge in [-0.1, -0.05) is 18.1 Å². The van der Waals surface area contributed by atoms with Crippen molar-refractivity contribution < 1.29 is 18.8 Å². The van der Waals surface area contributed by atoms with E-state index in [2.05, 4.69) is 15.8 Å². The fraction of sp³-hybridized carbons (Fsp3) is 0.450. The summed E-state index contributed by atoms with van der Waals surface area (Å²) in [4.78, 5) is 24.5. The van der Waals surface area contributed by atoms with Crippen LogP contribution in [0.4, 0.5) is 0 Å². The zero-order chi connectivity index (χ0) is 20.0. The van der Waals surface area contributed by atoms with Crippen molar-refractivity contribution in [2.45, 2.75) is 59.7 Å². The van der Waals surface area contributed by atoms with Gasteiger partial charge in [0.15, 0.2) is 0 Å². The number of hydrogen-bond acceptors (Lipinski definition) is 5. The first-order valence-corrected chi connectivity index (χ1v) is 9.07. The molecule has 0 saturated carbocycles. The maximum Gasteiger partial charge on any atom is 0.252 e. The number of hydrogen-bond donors (Lipinski definition) is 2. The minimum Gasteiger partial charge on any atom is -0.489 e. The van der Waals surface area contributed by atoms with Crippen LogP contribution in [-0.2, 0) is 11.4 Å². The van der Waals surface area contributed by atoms with Gasteiger partial charge < -0.3 is 19.9 Å². The van der Waals surface area contributed by atoms with Crippen LogP contribution in [0.5, 0.6) is 5.75 Å². The van der Waals surface area contributed by atoms with Crippen molar-refractivity contribution in [1.82, 2.24) is 15.8 Å². The molecule has 0 spiro atoms. The van der Waals surface area contributed by atoms with Crippen molar-refractivity contribution in [3.05, 3.63) is 46.8 Å². The van der Waals surface area contributed by atoms with Crippen LogP contribution in [-0.4, -0.2) is 29.1 Å². The molecule has 7 nitrogen and oxygen atoms in total. The van der Waals surface area contributed by atoms with Gasteiger partial charge in [0.1, 0.15) is 24.2 Å². The molecule has 7 heteroatoms. The van der Waals surface area contributed by atoms with Crippen LogP contribution in [0.3, 0.4) is 0 Å². The van der Waals surface area contributed by atoms with Crippen LogP contribution >= 0.6 is 0 Å². The van der Waals surface area contributed by atoms with Crippen molar-refractivity contribution in [2.24, 2.45) is 0 Å². The average molecular weight is 373 g/mol. The number of rotatable bonds is 8. The van der Waals surface area contributed by atoms with Crippen molar-refractivity contribution in [2.75, 3.05) is 0 Å². The third kappa shape index (κ3) is 5.57. The Balaban J connectivity index is 1.97. The number of aromatic nitrogens is 1. The second-order valence-corrected chi connectivity index (χ2v) is 6.63. The smallest absolute Gasteiger partial charge is 0.252 e. The van der Waals surface area contributed by atoms with E-state index in [0.717, 1.165) is 17.7 Å². The lowest BCUT2D eigenvalue weighted by atomic mass is 10.1. The molecule has 2 aromatic rings. The first kappa shape index (κ1) is 20.5. The number of aryl methyl sites for hydroxylation is 2. The van der Waals surface area contributed by atoms with E-state index in [0.29, 0.717) is 23.7 Å². The summed E-state index contributed by atoms with van der Waals surface area (Å²) in [5, 5.41) is 9.45. The third-order valence-corrected chi connectivity index (χ3v) is 4.40. The molecule has 2 amide bonds. The summed E-state index contributed by atoms with van der Waals surface area (Å²) in [7, 11) is 0. The highest BCUT2D eigenvalue weighted by molar-refractivity contribution is 5.97. The van der Waals surface area contributed by atoms with Gasteiger partial charge >= 0.3 is 0 Å². The molecule has 1 heterocycles. The lowest BCUT2D eigenvalue weighted by Gasteiger charge is -2.17. The van der Waals surface area contributed by atoms with Gasteiger partial charge in [0.05, 0.1) is 11.3 Å². The maximum atomic E-state index is 12.4. The van der Waals surface area contributed by atoms with Gasteiger partial charge in [-0.05, 0) is 52.3 Å². The molecule has 0 fully saturated rings. The molecule has 2 rings (SSSR count). The van der Waals surface area contributed by atoms with Gasteiger partial charge in [0.2, 0.25) is 5.91 Å². The molecule has 2 N–H and O–H groups in total. The van der Waals surface area contributed by atoms with Crippen molar-refractivity contribution in [3.63, 3.8) is 0 Å². The number of carbonyl (C=O) groups is 2. The quantitative estimate of drug-likeness (QED) is 0.742. The van der Waals surface area contributed by atoms with Crippen molar-refractivity contribution >= 4 is 11.8 Å². The summed E-state index contributed by atoms with van der Waals surface area (Å²) in [6.45, 7) is 9.56. The van der Waals surface area contributed by atoms with E-state index in [1.54, 1.807) is 31.2 Å². The van der Waals surface area contributed by atoms with E-state index < -0.39 is 6.04 Å². The van der Waals surface area contributed by atoms with Crippen LogP contribution in [0.15, 0.2) is 28.8 Å². The van der Waals surface area contributed by atoms with Crippen LogP contribution in [0, 0.1) is 13.8 Å². The molecule has 0 aliphatic carbocycles. The molecule has 0 radical (unpaired) electrons. The average Bonchev–Trinajstić information content (AvgIpc) is 2.97. The highest BCUT2D eigenvalue weighted by Gasteiger charge is 2.18. The molecule has 146 valence electrons. The predicted molar refractivity (Wildman–Crippen MR) is 102 cm³/mol. The summed E-state index contributed by atoms with van der Waals surface area (Å²) in [6.07, 6.45) is 0.830. The highest BCUT2D eigenvalue weighted by atomic mass is 16.5. The summed E-state index contributed by atoms with van der Waals surface area (Å²) in [6, 6.07) is 6.27. The summed E-state index contributed by atoms with van der Waals surface area (Å²) in [5.41, 5.74) is 2.09. The zero-order valence-corrected chi connectivity index (χ0v) is 16.5. The Morgan fingerprint density at radius 1 is 1.22 bits per heavy atom. The predicted octanol–water partition coefficient (Wildman–Crippen LogP) is 2.90. The molecule has 1 aromatic carbocycles. The van der Waals surface area contributed by atoms with Gasteiger partial charge in [-0.3, -0.25) is 9.59 Å². The van der Waals surface area contributed by atoms with E-state index in [1.807, 2.05) is 27.7 Å². The van der Waals surface area contributed by atoms with E-state index in [-0.39, 0.29) is 17.9 Å². The molecular formula is C20H27N3O4. The molecule has 2 unspecified atom stereocenters. The van der Waals surface area contributed by atoms with Crippen LogP contribution < -0.4 is 15.4 Å². The number of nitrogens with one attached hydrogen (secondary N) is 2. The Hall–Kier alpha value is -2.83. The van der Waals surface area contributed by atoms with E-state index >= 15 is 0 Å². The third-order valence-electron chi connectivity index (χ3n) is 4.40. The number of benzene rings is 1. The minimum absolute atomic E-state index is 0.0675. The largest absolute Gasteiger partial charge is 0.489 e. The Labute approximate surface area is 159 Å². The molecule has 0 aliphatic heterocycles. The molecule has 0 aliphatic rings. The first-order valence-electron chi connectivity index (χ1n) is 9.07. The van der Waals surface area contributed by atoms with Crippen molar-refractivity contribution in [3.8, 4) is 5.75 Å². The first-order chi connectivity index (χ1) is 12.8. The molecular weight excluding hydrogens is 346 g/mol. The van der Waals surface area contributed by atoms with E-state index in [1.165, 1.54) is 0 Å². The SMILES string of the molecule is CCC(C)NC(=O)C(C)NC(=O)c1cccc(OCc2c(C)noc2C)c1. The summed E-state index contributed by atoms with van der Waals surface area (Å²) >= 11 is 0.